The van der Waals surface area contributed by atoms with Crippen LogP contribution in [-0.2, 0) is 17.9 Å². The highest BCUT2D eigenvalue weighted by atomic mass is 35.5. The number of thioether (sulfide) groups is 1. The van der Waals surface area contributed by atoms with Crippen LogP contribution in [0.15, 0.2) is 71.6 Å². The van der Waals surface area contributed by atoms with Crippen molar-refractivity contribution in [2.24, 2.45) is 0 Å². The maximum Gasteiger partial charge on any atom is 0.266 e. The van der Waals surface area contributed by atoms with Crippen molar-refractivity contribution in [2.45, 2.75) is 13.2 Å². The van der Waals surface area contributed by atoms with Crippen molar-refractivity contribution in [1.29, 1.82) is 0 Å². The highest BCUT2D eigenvalue weighted by molar-refractivity contribution is 8.26. The number of methoxy groups -OCH3 is 1. The summed E-state index contributed by atoms with van der Waals surface area (Å²) in [5.41, 5.74) is 1.99. The fraction of sp³-hybridized carbons (Fsp3) is 0.120. The second kappa shape index (κ2) is 10.4. The first-order valence-corrected chi connectivity index (χ1v) is 11.6. The number of hydrogen-bond donors (Lipinski definition) is 0. The number of ether oxygens (including phenoxy) is 2. The molecule has 3 aromatic rings. The third-order valence-electron chi connectivity index (χ3n) is 4.98. The van der Waals surface area contributed by atoms with E-state index >= 15 is 0 Å². The average molecular weight is 500 g/mol. The van der Waals surface area contributed by atoms with E-state index in [1.807, 2.05) is 36.4 Å². The Hall–Kier alpha value is -2.87. The Kier molecular flexibility index (Phi) is 7.33. The molecule has 1 saturated heterocycles. The van der Waals surface area contributed by atoms with Crippen LogP contribution < -0.4 is 9.47 Å². The summed E-state index contributed by atoms with van der Waals surface area (Å²) in [7, 11) is 1.52. The molecule has 0 aliphatic carbocycles. The molecule has 1 heterocycles. The summed E-state index contributed by atoms with van der Waals surface area (Å²) in [5.74, 6) is 0.298. The molecular formula is C25H19ClFNO3S2. The van der Waals surface area contributed by atoms with Gasteiger partial charge in [-0.25, -0.2) is 4.39 Å². The molecule has 33 heavy (non-hydrogen) atoms. The monoisotopic (exact) mass is 499 g/mol. The molecule has 0 N–H and O–H groups in total. The first-order chi connectivity index (χ1) is 16.0. The lowest BCUT2D eigenvalue weighted by atomic mass is 10.1. The molecule has 0 saturated carbocycles. The first kappa shape index (κ1) is 23.3. The van der Waals surface area contributed by atoms with Crippen molar-refractivity contribution in [3.63, 3.8) is 0 Å². The Balaban J connectivity index is 1.54. The molecule has 4 nitrogen and oxygen atoms in total. The van der Waals surface area contributed by atoms with Gasteiger partial charge in [-0.05, 0) is 41.5 Å². The molecular weight excluding hydrogens is 481 g/mol. The van der Waals surface area contributed by atoms with Crippen LogP contribution in [-0.4, -0.2) is 22.2 Å². The summed E-state index contributed by atoms with van der Waals surface area (Å²) >= 11 is 12.8. The van der Waals surface area contributed by atoms with Gasteiger partial charge >= 0.3 is 0 Å². The number of benzene rings is 3. The van der Waals surface area contributed by atoms with Crippen molar-refractivity contribution in [3.05, 3.63) is 99.2 Å². The van der Waals surface area contributed by atoms with Gasteiger partial charge in [0.05, 0.1) is 23.6 Å². The van der Waals surface area contributed by atoms with Crippen molar-refractivity contribution in [1.82, 2.24) is 4.90 Å². The predicted molar refractivity (Wildman–Crippen MR) is 134 cm³/mol. The Bertz CT molecular complexity index is 1210. The molecule has 0 radical (unpaired) electrons. The van der Waals surface area contributed by atoms with Crippen LogP contribution in [0.2, 0.25) is 5.02 Å². The SMILES string of the molecule is COc1ccc(C=C2SC(=S)N(Cc3ccccc3)C2=O)cc1OCc1c(F)cccc1Cl. The number of carbonyl (C=O) groups is 1. The molecule has 0 aromatic heterocycles. The zero-order valence-corrected chi connectivity index (χ0v) is 20.0. The van der Waals surface area contributed by atoms with Gasteiger partial charge < -0.3 is 9.47 Å². The van der Waals surface area contributed by atoms with E-state index < -0.39 is 5.82 Å². The Morgan fingerprint density at radius 2 is 1.88 bits per heavy atom. The van der Waals surface area contributed by atoms with Crippen LogP contribution in [0.4, 0.5) is 4.39 Å². The zero-order chi connectivity index (χ0) is 23.4. The van der Waals surface area contributed by atoms with Crippen molar-refractivity contribution < 1.29 is 18.7 Å². The number of halogens is 2. The van der Waals surface area contributed by atoms with Gasteiger partial charge in [0, 0.05) is 5.56 Å². The Morgan fingerprint density at radius 1 is 1.09 bits per heavy atom. The summed E-state index contributed by atoms with van der Waals surface area (Å²) in [5, 5.41) is 0.284. The summed E-state index contributed by atoms with van der Waals surface area (Å²) < 4.78 is 25.8. The molecule has 1 fully saturated rings. The molecule has 0 unspecified atom stereocenters. The maximum atomic E-state index is 14.1. The quantitative estimate of drug-likeness (QED) is 0.275. The molecule has 0 atom stereocenters. The maximum absolute atomic E-state index is 14.1. The normalized spacial score (nSPS) is 14.8. The van der Waals surface area contributed by atoms with E-state index in [0.29, 0.717) is 27.3 Å². The molecule has 4 rings (SSSR count). The number of amides is 1. The van der Waals surface area contributed by atoms with Crippen LogP contribution in [0.1, 0.15) is 16.7 Å². The number of thiocarbonyl (C=S) groups is 1. The minimum absolute atomic E-state index is 0.0650. The van der Waals surface area contributed by atoms with E-state index in [1.54, 1.807) is 29.2 Å². The zero-order valence-electron chi connectivity index (χ0n) is 17.6. The molecule has 3 aromatic carbocycles. The molecule has 1 aliphatic rings. The number of nitrogens with zero attached hydrogens (tertiary/aromatic N) is 1. The standard InChI is InChI=1S/C25H19ClFNO3S2/c1-30-21-11-10-17(12-22(21)31-15-18-19(26)8-5-9-20(18)27)13-23-24(29)28(25(32)33-23)14-16-6-3-2-4-7-16/h2-13H,14-15H2,1H3. The van der Waals surface area contributed by atoms with E-state index in [2.05, 4.69) is 0 Å². The predicted octanol–water partition coefficient (Wildman–Crippen LogP) is 6.47. The lowest BCUT2D eigenvalue weighted by molar-refractivity contribution is -0.122. The van der Waals surface area contributed by atoms with Gasteiger partial charge in [0.2, 0.25) is 0 Å². The van der Waals surface area contributed by atoms with E-state index in [-0.39, 0.29) is 23.1 Å². The van der Waals surface area contributed by atoms with Gasteiger partial charge in [-0.3, -0.25) is 9.69 Å². The fourth-order valence-electron chi connectivity index (χ4n) is 3.27. The molecule has 0 bridgehead atoms. The van der Waals surface area contributed by atoms with Gasteiger partial charge in [0.25, 0.3) is 5.91 Å². The number of carbonyl (C=O) groups excluding carboxylic acids is 1. The van der Waals surface area contributed by atoms with E-state index in [9.17, 15) is 9.18 Å². The number of rotatable bonds is 7. The van der Waals surface area contributed by atoms with E-state index in [0.717, 1.165) is 11.1 Å². The van der Waals surface area contributed by atoms with E-state index in [1.165, 1.54) is 31.0 Å². The summed E-state index contributed by atoms with van der Waals surface area (Å²) in [6.45, 7) is 0.355. The van der Waals surface area contributed by atoms with Gasteiger partial charge in [-0.2, -0.15) is 0 Å². The molecule has 1 aliphatic heterocycles. The average Bonchev–Trinajstić information content (AvgIpc) is 3.07. The largest absolute Gasteiger partial charge is 0.493 e. The molecule has 168 valence electrons. The van der Waals surface area contributed by atoms with Crippen LogP contribution in [0.5, 0.6) is 11.5 Å². The third-order valence-corrected chi connectivity index (χ3v) is 6.71. The van der Waals surface area contributed by atoms with Crippen LogP contribution >= 0.6 is 35.6 Å². The summed E-state index contributed by atoms with van der Waals surface area (Å²) in [6, 6.07) is 19.4. The van der Waals surface area contributed by atoms with Crippen molar-refractivity contribution >= 4 is 51.9 Å². The third kappa shape index (κ3) is 5.38. The second-order valence-electron chi connectivity index (χ2n) is 7.15. The highest BCUT2D eigenvalue weighted by Gasteiger charge is 2.32. The van der Waals surface area contributed by atoms with Gasteiger partial charge in [-0.1, -0.05) is 78.0 Å². The smallest absolute Gasteiger partial charge is 0.266 e. The Morgan fingerprint density at radius 3 is 2.61 bits per heavy atom. The van der Waals surface area contributed by atoms with Crippen LogP contribution in [0.25, 0.3) is 6.08 Å². The van der Waals surface area contributed by atoms with Crippen LogP contribution in [0, 0.1) is 5.82 Å². The lowest BCUT2D eigenvalue weighted by Crippen LogP contribution is -2.27. The highest BCUT2D eigenvalue weighted by Crippen LogP contribution is 2.36. The Labute approximate surface area is 206 Å². The first-order valence-electron chi connectivity index (χ1n) is 9.99. The summed E-state index contributed by atoms with van der Waals surface area (Å²) in [6.07, 6.45) is 1.76. The lowest BCUT2D eigenvalue weighted by Gasteiger charge is -2.14. The molecule has 0 spiro atoms. The van der Waals surface area contributed by atoms with Crippen LogP contribution in [0.3, 0.4) is 0 Å². The number of hydrogen-bond acceptors (Lipinski definition) is 5. The topological polar surface area (TPSA) is 38.8 Å². The van der Waals surface area contributed by atoms with Crippen molar-refractivity contribution in [2.75, 3.05) is 7.11 Å². The van der Waals surface area contributed by atoms with Gasteiger partial charge in [-0.15, -0.1) is 0 Å². The van der Waals surface area contributed by atoms with Gasteiger partial charge in [0.15, 0.2) is 11.5 Å². The summed E-state index contributed by atoms with van der Waals surface area (Å²) in [4.78, 5) is 15.1. The molecule has 8 heteroatoms. The molecule has 1 amide bonds. The van der Waals surface area contributed by atoms with Gasteiger partial charge in [0.1, 0.15) is 16.7 Å². The second-order valence-corrected chi connectivity index (χ2v) is 9.24. The fourth-order valence-corrected chi connectivity index (χ4v) is 4.74. The minimum atomic E-state index is -0.445. The van der Waals surface area contributed by atoms with Crippen molar-refractivity contribution in [3.8, 4) is 11.5 Å². The van der Waals surface area contributed by atoms with E-state index in [4.69, 9.17) is 33.3 Å². The minimum Gasteiger partial charge on any atom is -0.493 e.